The first kappa shape index (κ1) is 22.9. The van der Waals surface area contributed by atoms with Crippen molar-refractivity contribution in [2.24, 2.45) is 5.10 Å². The number of methoxy groups -OCH3 is 2. The van der Waals surface area contributed by atoms with E-state index in [0.29, 0.717) is 24.7 Å². The topological polar surface area (TPSA) is 79.0 Å². The number of H-pyrrole nitrogens is 1. The van der Waals surface area contributed by atoms with Crippen molar-refractivity contribution in [3.8, 4) is 0 Å². The third-order valence-electron chi connectivity index (χ3n) is 6.09. The molecule has 4 rings (SSSR count). The van der Waals surface area contributed by atoms with Crippen LogP contribution < -0.4 is 5.43 Å². The van der Waals surface area contributed by atoms with E-state index in [4.69, 9.17) is 9.47 Å². The molecule has 0 bridgehead atoms. The normalized spacial score (nSPS) is 17.4. The second-order valence-corrected chi connectivity index (χ2v) is 9.29. The summed E-state index contributed by atoms with van der Waals surface area (Å²) in [6.07, 6.45) is 5.37. The highest BCUT2D eigenvalue weighted by Gasteiger charge is 2.32. The minimum absolute atomic E-state index is 0.144. The van der Waals surface area contributed by atoms with Gasteiger partial charge in [0.15, 0.2) is 0 Å². The standard InChI is InChI=1S/C24H32N4O3S/c1-16-18(8-9-28(10-12-30-2)11-13-31-3)22(17-6-7-17)20(25-16)15-19-23(26-27-24(19)29)21-5-4-14-32-21/h4-5,14-15,17,25H,6-13H2,1-3H3,(H,27,29). The average Bonchev–Trinajstić information content (AvgIpc) is 3.20. The van der Waals surface area contributed by atoms with Crippen LogP contribution >= 0.6 is 11.3 Å². The molecule has 0 radical (unpaired) electrons. The predicted octanol–water partition coefficient (Wildman–Crippen LogP) is 3.32. The lowest BCUT2D eigenvalue weighted by atomic mass is 9.99. The fraction of sp³-hybridized carbons (Fsp3) is 0.500. The van der Waals surface area contributed by atoms with Gasteiger partial charge >= 0.3 is 0 Å². The molecule has 2 aromatic heterocycles. The number of nitrogens with zero attached hydrogens (tertiary/aromatic N) is 2. The number of amides is 1. The molecule has 2 aromatic rings. The number of carbonyl (C=O) groups excluding carboxylic acids is 1. The number of hydrogen-bond acceptors (Lipinski definition) is 6. The van der Waals surface area contributed by atoms with E-state index in [0.717, 1.165) is 42.3 Å². The van der Waals surface area contributed by atoms with Crippen LogP contribution in [0.15, 0.2) is 28.2 Å². The number of nitrogens with one attached hydrogen (secondary N) is 2. The van der Waals surface area contributed by atoms with Gasteiger partial charge in [-0.1, -0.05) is 6.07 Å². The Morgan fingerprint density at radius 2 is 1.97 bits per heavy atom. The quantitative estimate of drug-likeness (QED) is 0.480. The Kier molecular flexibility index (Phi) is 7.57. The van der Waals surface area contributed by atoms with Crippen LogP contribution in [0.2, 0.25) is 0 Å². The third kappa shape index (κ3) is 5.20. The lowest BCUT2D eigenvalue weighted by Gasteiger charge is -2.22. The van der Waals surface area contributed by atoms with Crippen LogP contribution in [-0.2, 0) is 20.7 Å². The van der Waals surface area contributed by atoms with Crippen LogP contribution in [0, 0.1) is 6.92 Å². The molecule has 1 saturated carbocycles. The second-order valence-electron chi connectivity index (χ2n) is 8.34. The molecular weight excluding hydrogens is 424 g/mol. The fourth-order valence-electron chi connectivity index (χ4n) is 4.24. The summed E-state index contributed by atoms with van der Waals surface area (Å²) in [6, 6.07) is 3.98. The van der Waals surface area contributed by atoms with Gasteiger partial charge in [0, 0.05) is 45.2 Å². The lowest BCUT2D eigenvalue weighted by molar-refractivity contribution is -0.116. The highest BCUT2D eigenvalue weighted by Crippen LogP contribution is 2.45. The summed E-state index contributed by atoms with van der Waals surface area (Å²) < 4.78 is 10.6. The van der Waals surface area contributed by atoms with Crippen LogP contribution in [0.3, 0.4) is 0 Å². The molecule has 2 aliphatic rings. The Morgan fingerprint density at radius 3 is 2.59 bits per heavy atom. The number of carbonyl (C=O) groups is 1. The van der Waals surface area contributed by atoms with Gasteiger partial charge in [0.25, 0.3) is 5.91 Å². The van der Waals surface area contributed by atoms with Gasteiger partial charge in [-0.2, -0.15) is 5.10 Å². The monoisotopic (exact) mass is 456 g/mol. The first-order chi connectivity index (χ1) is 15.6. The highest BCUT2D eigenvalue weighted by molar-refractivity contribution is 7.12. The Balaban J connectivity index is 1.58. The highest BCUT2D eigenvalue weighted by atomic mass is 32.1. The van der Waals surface area contributed by atoms with Crippen molar-refractivity contribution in [1.29, 1.82) is 0 Å². The predicted molar refractivity (Wildman–Crippen MR) is 128 cm³/mol. The average molecular weight is 457 g/mol. The molecule has 8 heteroatoms. The summed E-state index contributed by atoms with van der Waals surface area (Å²) >= 11 is 1.59. The van der Waals surface area contributed by atoms with E-state index < -0.39 is 0 Å². The number of rotatable bonds is 12. The number of hydrazone groups is 1. The van der Waals surface area contributed by atoms with E-state index in [9.17, 15) is 4.79 Å². The Hall–Kier alpha value is -2.26. The molecule has 0 unspecified atom stereocenters. The van der Waals surface area contributed by atoms with Gasteiger partial charge < -0.3 is 14.5 Å². The molecule has 32 heavy (non-hydrogen) atoms. The maximum atomic E-state index is 12.6. The van der Waals surface area contributed by atoms with Crippen molar-refractivity contribution in [3.05, 3.63) is 50.5 Å². The number of thiophene rings is 1. The molecule has 0 saturated heterocycles. The van der Waals surface area contributed by atoms with Crippen molar-refractivity contribution in [2.75, 3.05) is 47.1 Å². The van der Waals surface area contributed by atoms with Crippen LogP contribution in [-0.4, -0.2) is 68.6 Å². The third-order valence-corrected chi connectivity index (χ3v) is 6.97. The zero-order valence-electron chi connectivity index (χ0n) is 19.1. The van der Waals surface area contributed by atoms with Crippen LogP contribution in [0.4, 0.5) is 0 Å². The van der Waals surface area contributed by atoms with Gasteiger partial charge in [-0.3, -0.25) is 9.69 Å². The van der Waals surface area contributed by atoms with Crippen molar-refractivity contribution in [3.63, 3.8) is 0 Å². The zero-order chi connectivity index (χ0) is 22.5. The molecule has 1 fully saturated rings. The SMILES string of the molecule is COCCN(CCOC)CCc1c(C)[nH]c(C=C2C(=O)NN=C2c2cccs2)c1C1CC1. The molecule has 1 aliphatic heterocycles. The maximum absolute atomic E-state index is 12.6. The number of hydrogen-bond donors (Lipinski definition) is 2. The summed E-state index contributed by atoms with van der Waals surface area (Å²) in [4.78, 5) is 19.5. The summed E-state index contributed by atoms with van der Waals surface area (Å²) in [6.45, 7) is 6.29. The van der Waals surface area contributed by atoms with Gasteiger partial charge in [-0.15, -0.1) is 11.3 Å². The molecule has 1 amide bonds. The second kappa shape index (κ2) is 10.6. The van der Waals surface area contributed by atoms with E-state index in [1.54, 1.807) is 25.6 Å². The van der Waals surface area contributed by atoms with E-state index in [1.807, 2.05) is 23.6 Å². The van der Waals surface area contributed by atoms with E-state index in [1.165, 1.54) is 29.7 Å². The van der Waals surface area contributed by atoms with Crippen molar-refractivity contribution in [1.82, 2.24) is 15.3 Å². The van der Waals surface area contributed by atoms with Crippen molar-refractivity contribution < 1.29 is 14.3 Å². The van der Waals surface area contributed by atoms with Gasteiger partial charge in [-0.05, 0) is 60.8 Å². The molecule has 3 heterocycles. The van der Waals surface area contributed by atoms with E-state index in [-0.39, 0.29) is 5.91 Å². The lowest BCUT2D eigenvalue weighted by Crippen LogP contribution is -2.32. The van der Waals surface area contributed by atoms with Crippen LogP contribution in [0.5, 0.6) is 0 Å². The fourth-order valence-corrected chi connectivity index (χ4v) is 4.97. The minimum Gasteiger partial charge on any atom is -0.383 e. The maximum Gasteiger partial charge on any atom is 0.273 e. The molecule has 1 aliphatic carbocycles. The first-order valence-electron chi connectivity index (χ1n) is 11.2. The summed E-state index contributed by atoms with van der Waals surface area (Å²) in [5.74, 6) is 0.425. The van der Waals surface area contributed by atoms with Gasteiger partial charge in [0.2, 0.25) is 0 Å². The molecule has 7 nitrogen and oxygen atoms in total. The van der Waals surface area contributed by atoms with Crippen molar-refractivity contribution >= 4 is 29.0 Å². The smallest absolute Gasteiger partial charge is 0.273 e. The number of aromatic nitrogens is 1. The Labute approximate surface area is 193 Å². The van der Waals surface area contributed by atoms with E-state index >= 15 is 0 Å². The zero-order valence-corrected chi connectivity index (χ0v) is 19.9. The molecule has 2 N–H and O–H groups in total. The summed E-state index contributed by atoms with van der Waals surface area (Å²) in [5, 5.41) is 6.29. The summed E-state index contributed by atoms with van der Waals surface area (Å²) in [5.41, 5.74) is 8.99. The largest absolute Gasteiger partial charge is 0.383 e. The number of ether oxygens (including phenoxy) is 2. The minimum atomic E-state index is -0.144. The van der Waals surface area contributed by atoms with Gasteiger partial charge in [-0.25, -0.2) is 5.43 Å². The molecule has 0 aromatic carbocycles. The van der Waals surface area contributed by atoms with E-state index in [2.05, 4.69) is 27.3 Å². The molecular formula is C24H32N4O3S. The van der Waals surface area contributed by atoms with Crippen molar-refractivity contribution in [2.45, 2.75) is 32.1 Å². The van der Waals surface area contributed by atoms with Crippen LogP contribution in [0.25, 0.3) is 6.08 Å². The molecule has 172 valence electrons. The number of aromatic amines is 1. The Bertz CT molecular complexity index is 981. The first-order valence-corrected chi connectivity index (χ1v) is 12.1. The Morgan fingerprint density at radius 1 is 1.22 bits per heavy atom. The molecule has 0 atom stereocenters. The van der Waals surface area contributed by atoms with Gasteiger partial charge in [0.05, 0.1) is 23.7 Å². The molecule has 0 spiro atoms. The van der Waals surface area contributed by atoms with Gasteiger partial charge in [0.1, 0.15) is 5.71 Å². The number of aryl methyl sites for hydroxylation is 1. The van der Waals surface area contributed by atoms with Crippen LogP contribution in [0.1, 0.15) is 46.2 Å². The summed E-state index contributed by atoms with van der Waals surface area (Å²) in [7, 11) is 3.48.